The highest BCUT2D eigenvalue weighted by atomic mass is 35.5. The number of rotatable bonds is 10. The SMILES string of the molecule is CC(C)(O)Cn1c(Nc2c(Cl)ccc(CNC(=O)C(C)(C)C)c2Cl)nc2cc(C(=O)Nc3ccc(OC(F)(F)F)cc3)c(N3CCOCC3)cc21. The third kappa shape index (κ3) is 9.56. The van der Waals surface area contributed by atoms with Crippen molar-refractivity contribution in [3.05, 3.63) is 69.7 Å². The van der Waals surface area contributed by atoms with Crippen molar-refractivity contribution in [2.75, 3.05) is 41.8 Å². The number of nitrogens with one attached hydrogen (secondary N) is 3. The minimum absolute atomic E-state index is 0.0862. The standard InChI is InChI=1S/C35H39Cl2F3N6O5/c1-33(2,3)31(48)41-18-20-6-11-24(36)29(28(20)37)44-32-43-25-16-23(30(47)42-21-7-9-22(10-8-21)51-35(38,39)40)26(45-12-14-50-15-13-45)17-27(25)46(32)19-34(4,5)49/h6-11,16-17,49H,12-15,18-19H2,1-5H3,(H,41,48)(H,42,47)(H,43,44). The summed E-state index contributed by atoms with van der Waals surface area (Å²) in [6, 6.07) is 11.6. The Balaban J connectivity index is 1.55. The van der Waals surface area contributed by atoms with Gasteiger partial charge in [-0.2, -0.15) is 0 Å². The van der Waals surface area contributed by atoms with Gasteiger partial charge in [-0.05, 0) is 61.9 Å². The molecule has 0 radical (unpaired) electrons. The van der Waals surface area contributed by atoms with E-state index < -0.39 is 29.0 Å². The molecule has 0 aliphatic carbocycles. The number of amides is 2. The van der Waals surface area contributed by atoms with Gasteiger partial charge in [-0.15, -0.1) is 13.2 Å². The molecule has 0 unspecified atom stereocenters. The number of imidazole rings is 1. The Bertz CT molecular complexity index is 1910. The smallest absolute Gasteiger partial charge is 0.406 e. The van der Waals surface area contributed by atoms with Crippen molar-refractivity contribution in [1.82, 2.24) is 14.9 Å². The number of aliphatic hydroxyl groups is 1. The summed E-state index contributed by atoms with van der Waals surface area (Å²) < 4.78 is 49.2. The van der Waals surface area contributed by atoms with Gasteiger partial charge in [0, 0.05) is 30.7 Å². The molecule has 1 aliphatic rings. The van der Waals surface area contributed by atoms with Crippen LogP contribution in [0.5, 0.6) is 5.75 Å². The van der Waals surface area contributed by atoms with Crippen molar-refractivity contribution in [3.8, 4) is 5.75 Å². The first-order valence-corrected chi connectivity index (χ1v) is 16.8. The van der Waals surface area contributed by atoms with Crippen molar-refractivity contribution in [2.45, 2.75) is 59.7 Å². The summed E-state index contributed by atoms with van der Waals surface area (Å²) in [5.74, 6) is -0.824. The fourth-order valence-corrected chi connectivity index (χ4v) is 5.92. The number of ether oxygens (including phenoxy) is 2. The molecular weight excluding hydrogens is 712 g/mol. The van der Waals surface area contributed by atoms with E-state index in [4.69, 9.17) is 32.9 Å². The van der Waals surface area contributed by atoms with Crippen molar-refractivity contribution in [2.24, 2.45) is 5.41 Å². The van der Waals surface area contributed by atoms with Crippen LogP contribution in [0.2, 0.25) is 10.0 Å². The average molecular weight is 752 g/mol. The normalized spacial score (nSPS) is 14.1. The highest BCUT2D eigenvalue weighted by Crippen LogP contribution is 2.38. The molecule has 5 rings (SSSR count). The predicted molar refractivity (Wildman–Crippen MR) is 191 cm³/mol. The van der Waals surface area contributed by atoms with E-state index in [2.05, 4.69) is 20.7 Å². The van der Waals surface area contributed by atoms with Gasteiger partial charge < -0.3 is 40.0 Å². The van der Waals surface area contributed by atoms with Crippen LogP contribution in [0.25, 0.3) is 11.0 Å². The fourth-order valence-electron chi connectivity index (χ4n) is 5.39. The summed E-state index contributed by atoms with van der Waals surface area (Å²) in [6.45, 7) is 10.8. The number of carbonyl (C=O) groups is 2. The number of hydrogen-bond donors (Lipinski definition) is 4. The zero-order valence-corrected chi connectivity index (χ0v) is 30.2. The van der Waals surface area contributed by atoms with Gasteiger partial charge in [0.05, 0.1) is 63.4 Å². The van der Waals surface area contributed by atoms with E-state index in [0.29, 0.717) is 54.3 Å². The van der Waals surface area contributed by atoms with Gasteiger partial charge in [-0.25, -0.2) is 4.98 Å². The lowest BCUT2D eigenvalue weighted by atomic mass is 9.95. The minimum Gasteiger partial charge on any atom is -0.406 e. The molecule has 16 heteroatoms. The molecule has 4 N–H and O–H groups in total. The van der Waals surface area contributed by atoms with Crippen LogP contribution in [0, 0.1) is 5.41 Å². The number of anilines is 4. The predicted octanol–water partition coefficient (Wildman–Crippen LogP) is 7.51. The summed E-state index contributed by atoms with van der Waals surface area (Å²) >= 11 is 13.5. The lowest BCUT2D eigenvalue weighted by molar-refractivity contribution is -0.274. The highest BCUT2D eigenvalue weighted by molar-refractivity contribution is 6.39. The van der Waals surface area contributed by atoms with Gasteiger partial charge in [-0.3, -0.25) is 9.59 Å². The first-order valence-electron chi connectivity index (χ1n) is 16.1. The average Bonchev–Trinajstić information content (AvgIpc) is 3.36. The molecule has 1 fully saturated rings. The van der Waals surface area contributed by atoms with Crippen LogP contribution in [-0.2, 0) is 22.6 Å². The Morgan fingerprint density at radius 1 is 1.00 bits per heavy atom. The number of hydrogen-bond acceptors (Lipinski definition) is 8. The molecule has 51 heavy (non-hydrogen) atoms. The van der Waals surface area contributed by atoms with Crippen LogP contribution in [0.1, 0.15) is 50.5 Å². The van der Waals surface area contributed by atoms with E-state index in [1.54, 1.807) is 63.5 Å². The van der Waals surface area contributed by atoms with E-state index >= 15 is 0 Å². The van der Waals surface area contributed by atoms with Crippen LogP contribution >= 0.6 is 23.2 Å². The number of benzene rings is 3. The molecule has 4 aromatic rings. The first kappa shape index (κ1) is 38.0. The van der Waals surface area contributed by atoms with Gasteiger partial charge >= 0.3 is 6.36 Å². The number of morpholine rings is 1. The number of fused-ring (bicyclic) bond motifs is 1. The topological polar surface area (TPSA) is 130 Å². The summed E-state index contributed by atoms with van der Waals surface area (Å²) in [7, 11) is 0. The zero-order valence-electron chi connectivity index (χ0n) is 28.7. The van der Waals surface area contributed by atoms with Crippen LogP contribution in [-0.4, -0.2) is 64.7 Å². The van der Waals surface area contributed by atoms with Crippen molar-refractivity contribution in [3.63, 3.8) is 0 Å². The number of nitrogens with zero attached hydrogens (tertiary/aromatic N) is 3. The monoisotopic (exact) mass is 750 g/mol. The molecule has 1 saturated heterocycles. The zero-order chi connectivity index (χ0) is 37.3. The molecule has 3 aromatic carbocycles. The second-order valence-electron chi connectivity index (χ2n) is 13.8. The largest absolute Gasteiger partial charge is 0.573 e. The van der Waals surface area contributed by atoms with Crippen LogP contribution < -0.4 is 25.6 Å². The highest BCUT2D eigenvalue weighted by Gasteiger charge is 2.31. The minimum atomic E-state index is -4.85. The van der Waals surface area contributed by atoms with Gasteiger partial charge in [-0.1, -0.05) is 50.0 Å². The van der Waals surface area contributed by atoms with Gasteiger partial charge in [0.15, 0.2) is 0 Å². The Morgan fingerprint density at radius 2 is 1.67 bits per heavy atom. The molecule has 2 heterocycles. The quantitative estimate of drug-likeness (QED) is 0.131. The van der Waals surface area contributed by atoms with Crippen molar-refractivity contribution >= 4 is 69.1 Å². The summed E-state index contributed by atoms with van der Waals surface area (Å²) in [5, 5.41) is 20.4. The molecule has 274 valence electrons. The molecule has 11 nitrogen and oxygen atoms in total. The Kier molecular flexibility index (Phi) is 11.0. The first-order chi connectivity index (χ1) is 23.8. The maximum Gasteiger partial charge on any atom is 0.573 e. The van der Waals surface area contributed by atoms with E-state index in [0.717, 1.165) is 12.1 Å². The van der Waals surface area contributed by atoms with Crippen molar-refractivity contribution in [1.29, 1.82) is 0 Å². The van der Waals surface area contributed by atoms with Crippen LogP contribution in [0.15, 0.2) is 48.5 Å². The van der Waals surface area contributed by atoms with Gasteiger partial charge in [0.2, 0.25) is 11.9 Å². The Morgan fingerprint density at radius 3 is 2.27 bits per heavy atom. The Labute approximate surface area is 303 Å². The molecule has 0 atom stereocenters. The Hall–Kier alpha value is -4.24. The van der Waals surface area contributed by atoms with Gasteiger partial charge in [0.25, 0.3) is 5.91 Å². The molecular formula is C35H39Cl2F3N6O5. The van der Waals surface area contributed by atoms with Crippen molar-refractivity contribution < 1.29 is 37.3 Å². The number of alkyl halides is 3. The maximum absolute atomic E-state index is 13.8. The van der Waals surface area contributed by atoms with E-state index in [-0.39, 0.29) is 46.2 Å². The molecule has 0 saturated carbocycles. The molecule has 0 bridgehead atoms. The van der Waals surface area contributed by atoms with Crippen LogP contribution in [0.3, 0.4) is 0 Å². The second-order valence-corrected chi connectivity index (χ2v) is 14.6. The molecule has 1 aliphatic heterocycles. The fraction of sp³-hybridized carbons (Fsp3) is 0.400. The molecule has 2 amide bonds. The summed E-state index contributed by atoms with van der Waals surface area (Å²) in [5.41, 5.74) is 1.20. The van der Waals surface area contributed by atoms with E-state index in [1.807, 2.05) is 4.90 Å². The van der Waals surface area contributed by atoms with E-state index in [9.17, 15) is 27.9 Å². The summed E-state index contributed by atoms with van der Waals surface area (Å²) in [6.07, 6.45) is -4.85. The second kappa shape index (κ2) is 14.8. The molecule has 1 aromatic heterocycles. The number of carbonyl (C=O) groups excluding carboxylic acids is 2. The van der Waals surface area contributed by atoms with Crippen LogP contribution in [0.4, 0.5) is 36.2 Å². The third-order valence-electron chi connectivity index (χ3n) is 7.88. The lowest BCUT2D eigenvalue weighted by Crippen LogP contribution is -2.37. The molecule has 0 spiro atoms. The van der Waals surface area contributed by atoms with E-state index in [1.165, 1.54) is 12.1 Å². The third-order valence-corrected chi connectivity index (χ3v) is 8.63. The van der Waals surface area contributed by atoms with Gasteiger partial charge in [0.1, 0.15) is 5.75 Å². The lowest BCUT2D eigenvalue weighted by Gasteiger charge is -2.30. The maximum atomic E-state index is 13.8. The number of aromatic nitrogens is 2. The number of halogens is 5. The summed E-state index contributed by atoms with van der Waals surface area (Å²) in [4.78, 5) is 33.1.